The highest BCUT2D eigenvalue weighted by atomic mass is 32.3. The van der Waals surface area contributed by atoms with Crippen LogP contribution < -0.4 is 0 Å². The lowest BCUT2D eigenvalue weighted by Crippen LogP contribution is -2.60. The van der Waals surface area contributed by atoms with Crippen LogP contribution in [0, 0.1) is 0 Å². The molecule has 6 atom stereocenters. The van der Waals surface area contributed by atoms with E-state index < -0.39 is 59.8 Å². The van der Waals surface area contributed by atoms with Gasteiger partial charge in [-0.05, 0) is 77.0 Å². The standard InChI is InChI=1S/C57H104O12S/c1-3-5-7-9-11-13-15-17-19-21-23-25-26-27-28-30-32-34-36-38-40-42-44-46-53(59)67-51(50-66-57-55(61)56(69-70(62,63)64)54(60)52(48-58)68-57)49-65-47-45-43-41-39-37-35-33-31-29-24-22-20-18-16-14-12-10-8-6-4-2/h15,17-18,20-21,23,26-27,51-52,54-58,60-61H,3-14,16,19,22,24-25,28-50H2,1-2H3,(H,62,63,64)/b17-15-,20-18-,23-21-,27-26-. The SMILES string of the molecule is CCCCCCC/C=C\C/C=C\C/C=C\CCCCCCCCCCC(=O)OC(COCCCCCCCCCCCC/C=C\CCCCCCCC)COC1OC(CO)C(O)C(OS(=O)(=O)O)C1O. The summed E-state index contributed by atoms with van der Waals surface area (Å²) >= 11 is 0. The first-order valence-electron chi connectivity index (χ1n) is 28.4. The van der Waals surface area contributed by atoms with Gasteiger partial charge in [0.2, 0.25) is 0 Å². The third-order valence-corrected chi connectivity index (χ3v) is 13.4. The highest BCUT2D eigenvalue weighted by Gasteiger charge is 2.48. The number of allylic oxidation sites excluding steroid dienone is 8. The van der Waals surface area contributed by atoms with Crippen LogP contribution in [0.5, 0.6) is 0 Å². The first-order chi connectivity index (χ1) is 34.1. The van der Waals surface area contributed by atoms with Gasteiger partial charge >= 0.3 is 16.4 Å². The maximum atomic E-state index is 13.0. The number of rotatable bonds is 50. The molecule has 1 fully saturated rings. The lowest BCUT2D eigenvalue weighted by molar-refractivity contribution is -0.301. The van der Waals surface area contributed by atoms with Crippen molar-refractivity contribution in [3.8, 4) is 0 Å². The number of ether oxygens (including phenoxy) is 4. The summed E-state index contributed by atoms with van der Waals surface area (Å²) in [6.07, 6.45) is 51.4. The van der Waals surface area contributed by atoms with Crippen molar-refractivity contribution in [2.75, 3.05) is 26.4 Å². The Morgan fingerprint density at radius 3 is 1.39 bits per heavy atom. The second-order valence-electron chi connectivity index (χ2n) is 19.5. The van der Waals surface area contributed by atoms with Crippen molar-refractivity contribution in [2.24, 2.45) is 0 Å². The number of carbonyl (C=O) groups excluding carboxylic acids is 1. The second-order valence-corrected chi connectivity index (χ2v) is 20.6. The average Bonchev–Trinajstić information content (AvgIpc) is 3.34. The summed E-state index contributed by atoms with van der Waals surface area (Å²) in [6.45, 7) is 4.00. The predicted octanol–water partition coefficient (Wildman–Crippen LogP) is 13.9. The predicted molar refractivity (Wildman–Crippen MR) is 285 cm³/mol. The Bertz CT molecular complexity index is 1400. The molecule has 0 spiro atoms. The van der Waals surface area contributed by atoms with E-state index in [9.17, 15) is 33.1 Å². The zero-order chi connectivity index (χ0) is 51.0. The van der Waals surface area contributed by atoms with E-state index in [0.717, 1.165) is 57.8 Å². The lowest BCUT2D eigenvalue weighted by Gasteiger charge is -2.41. The van der Waals surface area contributed by atoms with Gasteiger partial charge in [0.15, 0.2) is 6.29 Å². The molecule has 1 rings (SSSR count). The van der Waals surface area contributed by atoms with Crippen molar-refractivity contribution >= 4 is 16.4 Å². The Kier molecular flexibility index (Phi) is 45.3. The van der Waals surface area contributed by atoms with Crippen LogP contribution in [0.15, 0.2) is 48.6 Å². The van der Waals surface area contributed by atoms with Crippen LogP contribution in [0.25, 0.3) is 0 Å². The largest absolute Gasteiger partial charge is 0.457 e. The van der Waals surface area contributed by atoms with Gasteiger partial charge in [-0.15, -0.1) is 0 Å². The first kappa shape index (κ1) is 66.1. The Labute approximate surface area is 427 Å². The molecule has 0 aromatic heterocycles. The quantitative estimate of drug-likeness (QED) is 0.0196. The molecule has 1 saturated heterocycles. The summed E-state index contributed by atoms with van der Waals surface area (Å²) in [5, 5.41) is 30.8. The third kappa shape index (κ3) is 40.5. The summed E-state index contributed by atoms with van der Waals surface area (Å²) in [5.41, 5.74) is 0. The Morgan fingerprint density at radius 2 is 0.943 bits per heavy atom. The molecule has 1 aliphatic rings. The molecule has 0 amide bonds. The van der Waals surface area contributed by atoms with Crippen LogP contribution in [-0.2, 0) is 38.3 Å². The molecule has 410 valence electrons. The van der Waals surface area contributed by atoms with Gasteiger partial charge in [-0.3, -0.25) is 9.35 Å². The molecule has 0 aliphatic carbocycles. The van der Waals surface area contributed by atoms with Crippen LogP contribution in [0.3, 0.4) is 0 Å². The number of hydrogen-bond donors (Lipinski definition) is 4. The van der Waals surface area contributed by atoms with E-state index in [-0.39, 0.29) is 19.6 Å². The van der Waals surface area contributed by atoms with E-state index in [1.807, 2.05) is 0 Å². The second kappa shape index (κ2) is 48.0. The molecule has 6 unspecified atom stereocenters. The maximum absolute atomic E-state index is 13.0. The molecular formula is C57H104O12S. The Hall–Kier alpha value is -1.94. The molecule has 0 saturated carbocycles. The summed E-state index contributed by atoms with van der Waals surface area (Å²) in [7, 11) is -5.07. The maximum Gasteiger partial charge on any atom is 0.397 e. The molecule has 13 heteroatoms. The Balaban J connectivity index is 2.32. The number of aliphatic hydroxyl groups excluding tert-OH is 3. The summed E-state index contributed by atoms with van der Waals surface area (Å²) in [4.78, 5) is 13.0. The minimum atomic E-state index is -5.07. The fraction of sp³-hybridized carbons (Fsp3) is 0.842. The van der Waals surface area contributed by atoms with Crippen molar-refractivity contribution in [1.29, 1.82) is 0 Å². The molecular weight excluding hydrogens is 909 g/mol. The minimum absolute atomic E-state index is 0.0323. The van der Waals surface area contributed by atoms with Crippen LogP contribution in [0.2, 0.25) is 0 Å². The van der Waals surface area contributed by atoms with Gasteiger partial charge in [0, 0.05) is 13.0 Å². The van der Waals surface area contributed by atoms with Crippen molar-refractivity contribution in [1.82, 2.24) is 0 Å². The molecule has 0 aromatic carbocycles. The molecule has 4 N–H and O–H groups in total. The van der Waals surface area contributed by atoms with Crippen LogP contribution in [0.4, 0.5) is 0 Å². The molecule has 0 radical (unpaired) electrons. The lowest BCUT2D eigenvalue weighted by atomic mass is 9.99. The molecule has 1 aliphatic heterocycles. The highest BCUT2D eigenvalue weighted by molar-refractivity contribution is 7.80. The topological polar surface area (TPSA) is 178 Å². The third-order valence-electron chi connectivity index (χ3n) is 12.9. The van der Waals surface area contributed by atoms with Gasteiger partial charge in [0.05, 0.1) is 19.8 Å². The molecule has 1 heterocycles. The van der Waals surface area contributed by atoms with E-state index in [2.05, 4.69) is 66.6 Å². The zero-order valence-electron chi connectivity index (χ0n) is 44.3. The average molecular weight is 1010 g/mol. The van der Waals surface area contributed by atoms with Gasteiger partial charge in [-0.25, -0.2) is 4.18 Å². The van der Waals surface area contributed by atoms with E-state index in [0.29, 0.717) is 13.0 Å². The first-order valence-corrected chi connectivity index (χ1v) is 29.8. The molecule has 0 aromatic rings. The summed E-state index contributed by atoms with van der Waals surface area (Å²) in [6, 6.07) is 0. The van der Waals surface area contributed by atoms with Gasteiger partial charge in [-0.2, -0.15) is 8.42 Å². The van der Waals surface area contributed by atoms with E-state index in [1.165, 1.54) is 161 Å². The van der Waals surface area contributed by atoms with Gasteiger partial charge < -0.3 is 34.3 Å². The summed E-state index contributed by atoms with van der Waals surface area (Å²) < 4.78 is 59.4. The minimum Gasteiger partial charge on any atom is -0.457 e. The Morgan fingerprint density at radius 1 is 0.543 bits per heavy atom. The van der Waals surface area contributed by atoms with Gasteiger partial charge in [0.1, 0.15) is 30.5 Å². The van der Waals surface area contributed by atoms with Crippen LogP contribution in [0.1, 0.15) is 245 Å². The number of aliphatic hydroxyl groups is 3. The fourth-order valence-corrected chi connectivity index (χ4v) is 9.13. The molecule has 0 bridgehead atoms. The van der Waals surface area contributed by atoms with Gasteiger partial charge in [-0.1, -0.05) is 210 Å². The van der Waals surface area contributed by atoms with Crippen LogP contribution >= 0.6 is 0 Å². The van der Waals surface area contributed by atoms with E-state index in [4.69, 9.17) is 18.9 Å². The number of esters is 1. The van der Waals surface area contributed by atoms with E-state index in [1.54, 1.807) is 0 Å². The zero-order valence-corrected chi connectivity index (χ0v) is 45.1. The number of unbranched alkanes of at least 4 members (excludes halogenated alkanes) is 29. The molecule has 12 nitrogen and oxygen atoms in total. The van der Waals surface area contributed by atoms with E-state index >= 15 is 0 Å². The smallest absolute Gasteiger partial charge is 0.397 e. The fourth-order valence-electron chi connectivity index (χ4n) is 8.62. The normalized spacial score (nSPS) is 19.4. The number of hydrogen-bond acceptors (Lipinski definition) is 11. The van der Waals surface area contributed by atoms with Crippen LogP contribution in [-0.4, -0.2) is 97.5 Å². The monoisotopic (exact) mass is 1010 g/mol. The van der Waals surface area contributed by atoms with Crippen molar-refractivity contribution in [2.45, 2.75) is 282 Å². The highest BCUT2D eigenvalue weighted by Crippen LogP contribution is 2.26. The van der Waals surface area contributed by atoms with Crippen molar-refractivity contribution in [3.63, 3.8) is 0 Å². The van der Waals surface area contributed by atoms with Gasteiger partial charge in [0.25, 0.3) is 0 Å². The molecule has 70 heavy (non-hydrogen) atoms. The van der Waals surface area contributed by atoms with Crippen molar-refractivity contribution in [3.05, 3.63) is 48.6 Å². The number of carbonyl (C=O) groups is 1. The van der Waals surface area contributed by atoms with Crippen molar-refractivity contribution < 1.29 is 56.2 Å². The summed E-state index contributed by atoms with van der Waals surface area (Å²) in [5.74, 6) is -0.405.